The van der Waals surface area contributed by atoms with Gasteiger partial charge in [0.25, 0.3) is 0 Å². The van der Waals surface area contributed by atoms with Crippen LogP contribution in [-0.4, -0.2) is 31.9 Å². The second kappa shape index (κ2) is 6.55. The smallest absolute Gasteiger partial charge is 0.244 e. The summed E-state index contributed by atoms with van der Waals surface area (Å²) in [7, 11) is -0.435. The zero-order valence-corrected chi connectivity index (χ0v) is 14.1. The highest BCUT2D eigenvalue weighted by Crippen LogP contribution is 2.20. The van der Waals surface area contributed by atoms with Gasteiger partial charge in [-0.1, -0.05) is 12.1 Å². The molecule has 0 bridgehead atoms. The van der Waals surface area contributed by atoms with Gasteiger partial charge in [-0.15, -0.1) is 0 Å². The predicted octanol–water partition coefficient (Wildman–Crippen LogP) is 2.67. The van der Waals surface area contributed by atoms with Crippen molar-refractivity contribution in [1.29, 1.82) is 0 Å². The molecule has 0 N–H and O–H groups in total. The molecule has 0 saturated carbocycles. The van der Waals surface area contributed by atoms with Crippen LogP contribution in [0, 0.1) is 0 Å². The first-order valence-corrected chi connectivity index (χ1v) is 8.36. The Morgan fingerprint density at radius 1 is 1.24 bits per heavy atom. The highest BCUT2D eigenvalue weighted by atomic mass is 79.9. The zero-order valence-electron chi connectivity index (χ0n) is 11.7. The summed E-state index contributed by atoms with van der Waals surface area (Å²) in [6.07, 6.45) is 2.88. The average molecular weight is 371 g/mol. The van der Waals surface area contributed by atoms with E-state index >= 15 is 0 Å². The van der Waals surface area contributed by atoms with Crippen LogP contribution in [-0.2, 0) is 16.6 Å². The molecule has 1 aromatic carbocycles. The third kappa shape index (κ3) is 3.81. The van der Waals surface area contributed by atoms with Crippen LogP contribution in [0.1, 0.15) is 5.56 Å². The average Bonchev–Trinajstić information content (AvgIpc) is 2.48. The molecule has 1 heterocycles. The summed E-state index contributed by atoms with van der Waals surface area (Å²) < 4.78 is 31.9. The minimum absolute atomic E-state index is 0.160. The highest BCUT2D eigenvalue weighted by molar-refractivity contribution is 9.10. The molecule has 0 radical (unpaired) electrons. The lowest BCUT2D eigenvalue weighted by molar-refractivity contribution is 0.414. The maximum absolute atomic E-state index is 12.5. The number of nitrogens with zero attached hydrogens (tertiary/aromatic N) is 2. The molecule has 0 amide bonds. The lowest BCUT2D eigenvalue weighted by atomic mass is 10.2. The molecule has 2 rings (SSSR count). The summed E-state index contributed by atoms with van der Waals surface area (Å²) in [6.45, 7) is 0.277. The maximum Gasteiger partial charge on any atom is 0.244 e. The number of benzene rings is 1. The fraction of sp³-hybridized carbons (Fsp3) is 0.214. The summed E-state index contributed by atoms with van der Waals surface area (Å²) in [6, 6.07) is 8.81. The fourth-order valence-electron chi connectivity index (χ4n) is 1.79. The number of sulfonamides is 1. The van der Waals surface area contributed by atoms with E-state index in [1.807, 2.05) is 12.1 Å². The minimum Gasteiger partial charge on any atom is -0.497 e. The van der Waals surface area contributed by atoms with Crippen molar-refractivity contribution in [3.8, 4) is 5.75 Å². The molecule has 21 heavy (non-hydrogen) atoms. The normalized spacial score (nSPS) is 11.6. The van der Waals surface area contributed by atoms with Crippen LogP contribution in [0.5, 0.6) is 5.75 Å². The van der Waals surface area contributed by atoms with Crippen molar-refractivity contribution < 1.29 is 13.2 Å². The first-order valence-electron chi connectivity index (χ1n) is 6.13. The number of hydrogen-bond donors (Lipinski definition) is 0. The second-order valence-corrected chi connectivity index (χ2v) is 7.41. The first kappa shape index (κ1) is 15.9. The van der Waals surface area contributed by atoms with Crippen LogP contribution in [0.15, 0.2) is 52.1 Å². The van der Waals surface area contributed by atoms with Crippen molar-refractivity contribution in [1.82, 2.24) is 9.29 Å². The molecule has 112 valence electrons. The Labute approximate surface area is 132 Å². The second-order valence-electron chi connectivity index (χ2n) is 4.45. The van der Waals surface area contributed by atoms with Crippen molar-refractivity contribution >= 4 is 26.0 Å². The molecule has 0 unspecified atom stereocenters. The van der Waals surface area contributed by atoms with Gasteiger partial charge >= 0.3 is 0 Å². The van der Waals surface area contributed by atoms with Crippen LogP contribution in [0.25, 0.3) is 0 Å². The lowest BCUT2D eigenvalue weighted by Gasteiger charge is -2.17. The first-order chi connectivity index (χ1) is 9.93. The van der Waals surface area contributed by atoms with E-state index < -0.39 is 10.0 Å². The molecule has 7 heteroatoms. The molecule has 0 atom stereocenters. The van der Waals surface area contributed by atoms with E-state index in [0.29, 0.717) is 4.47 Å². The van der Waals surface area contributed by atoms with E-state index in [-0.39, 0.29) is 11.4 Å². The van der Waals surface area contributed by atoms with Crippen LogP contribution in [0.4, 0.5) is 0 Å². The number of rotatable bonds is 5. The van der Waals surface area contributed by atoms with Gasteiger partial charge in [-0.25, -0.2) is 8.42 Å². The summed E-state index contributed by atoms with van der Waals surface area (Å²) in [5.74, 6) is 0.737. The van der Waals surface area contributed by atoms with E-state index in [4.69, 9.17) is 4.74 Å². The Bertz CT molecular complexity index is 717. The summed E-state index contributed by atoms with van der Waals surface area (Å²) in [4.78, 5) is 4.05. The van der Waals surface area contributed by atoms with Crippen molar-refractivity contribution in [2.75, 3.05) is 14.2 Å². The molecule has 0 saturated heterocycles. The molecule has 1 aromatic heterocycles. The largest absolute Gasteiger partial charge is 0.497 e. The van der Waals surface area contributed by atoms with Gasteiger partial charge < -0.3 is 4.74 Å². The van der Waals surface area contributed by atoms with Gasteiger partial charge in [-0.3, -0.25) is 4.98 Å². The van der Waals surface area contributed by atoms with Crippen LogP contribution in [0.2, 0.25) is 0 Å². The van der Waals surface area contributed by atoms with E-state index in [2.05, 4.69) is 20.9 Å². The van der Waals surface area contributed by atoms with Gasteiger partial charge in [0.2, 0.25) is 10.0 Å². The molecular weight excluding hydrogens is 356 g/mol. The van der Waals surface area contributed by atoms with Crippen LogP contribution < -0.4 is 4.74 Å². The summed E-state index contributed by atoms with van der Waals surface area (Å²) in [5, 5.41) is 0. The van der Waals surface area contributed by atoms with E-state index in [1.165, 1.54) is 16.6 Å². The van der Waals surface area contributed by atoms with Crippen molar-refractivity contribution in [2.24, 2.45) is 0 Å². The Morgan fingerprint density at radius 2 is 1.90 bits per heavy atom. The quantitative estimate of drug-likeness (QED) is 0.811. The maximum atomic E-state index is 12.5. The predicted molar refractivity (Wildman–Crippen MR) is 83.6 cm³/mol. The van der Waals surface area contributed by atoms with E-state index in [1.54, 1.807) is 32.5 Å². The number of pyridine rings is 1. The molecule has 0 aliphatic carbocycles. The summed E-state index contributed by atoms with van der Waals surface area (Å²) >= 11 is 3.23. The van der Waals surface area contributed by atoms with E-state index in [9.17, 15) is 8.42 Å². The van der Waals surface area contributed by atoms with E-state index in [0.717, 1.165) is 11.3 Å². The Balaban J connectivity index is 2.20. The Morgan fingerprint density at radius 3 is 2.48 bits per heavy atom. The molecular formula is C14H15BrN2O3S. The van der Waals surface area contributed by atoms with Crippen molar-refractivity contribution in [3.05, 3.63) is 52.8 Å². The molecule has 0 fully saturated rings. The monoisotopic (exact) mass is 370 g/mol. The fourth-order valence-corrected chi connectivity index (χ4v) is 3.45. The molecule has 0 aliphatic rings. The SMILES string of the molecule is COc1ccc(CN(C)S(=O)(=O)c2cncc(Br)c2)cc1. The Kier molecular flexibility index (Phi) is 4.97. The van der Waals surface area contributed by atoms with Crippen molar-refractivity contribution in [2.45, 2.75) is 11.4 Å². The standard InChI is InChI=1S/C14H15BrN2O3S/c1-17(10-11-3-5-13(20-2)6-4-11)21(18,19)14-7-12(15)8-16-9-14/h3-9H,10H2,1-2H3. The van der Waals surface area contributed by atoms with Crippen LogP contribution >= 0.6 is 15.9 Å². The number of ether oxygens (including phenoxy) is 1. The number of methoxy groups -OCH3 is 1. The van der Waals surface area contributed by atoms with Gasteiger partial charge in [0.1, 0.15) is 10.6 Å². The lowest BCUT2D eigenvalue weighted by Crippen LogP contribution is -2.26. The van der Waals surface area contributed by atoms with Crippen LogP contribution in [0.3, 0.4) is 0 Å². The van der Waals surface area contributed by atoms with Gasteiger partial charge in [0.05, 0.1) is 7.11 Å². The molecule has 0 aliphatic heterocycles. The minimum atomic E-state index is -3.57. The number of hydrogen-bond acceptors (Lipinski definition) is 4. The number of aromatic nitrogens is 1. The summed E-state index contributed by atoms with van der Waals surface area (Å²) in [5.41, 5.74) is 0.879. The molecule has 5 nitrogen and oxygen atoms in total. The van der Waals surface area contributed by atoms with Gasteiger partial charge in [-0.05, 0) is 39.7 Å². The number of halogens is 1. The highest BCUT2D eigenvalue weighted by Gasteiger charge is 2.21. The topological polar surface area (TPSA) is 59.5 Å². The zero-order chi connectivity index (χ0) is 15.5. The molecule has 0 spiro atoms. The third-order valence-electron chi connectivity index (χ3n) is 2.95. The van der Waals surface area contributed by atoms with Crippen molar-refractivity contribution in [3.63, 3.8) is 0 Å². The Hall–Kier alpha value is -1.44. The third-order valence-corrected chi connectivity index (χ3v) is 5.15. The molecule has 2 aromatic rings. The van der Waals surface area contributed by atoms with Gasteiger partial charge in [-0.2, -0.15) is 4.31 Å². The van der Waals surface area contributed by atoms with Gasteiger partial charge in [0.15, 0.2) is 0 Å². The van der Waals surface area contributed by atoms with Gasteiger partial charge in [0, 0.05) is 30.5 Å².